The summed E-state index contributed by atoms with van der Waals surface area (Å²) >= 11 is 0. The Balaban J connectivity index is 1.34. The molecular weight excluding hydrogens is 360 g/mol. The van der Waals surface area contributed by atoms with E-state index in [2.05, 4.69) is 25.8 Å². The fourth-order valence-corrected chi connectivity index (χ4v) is 3.50. The van der Waals surface area contributed by atoms with Gasteiger partial charge >= 0.3 is 6.03 Å². The number of carbonyl (C=O) groups excluding carboxylic acids is 1. The molecule has 2 aromatic heterocycles. The Morgan fingerprint density at radius 1 is 1.32 bits per heavy atom. The number of aromatic nitrogens is 6. The standard InChI is InChI=1S/C18H22N8O2/c1-24-10-7-19-17(24)16(27)13-5-8-25(9-6-13)18(28)21-14-3-2-4-15(11-14)26-12-20-22-23-26/h2-4,7,10-13,16,27H,5-6,8-9H2,1H3,(H,21,28)/t16-/m1/s1. The van der Waals surface area contributed by atoms with Gasteiger partial charge in [0.15, 0.2) is 0 Å². The van der Waals surface area contributed by atoms with Crippen molar-refractivity contribution >= 4 is 11.7 Å². The highest BCUT2D eigenvalue weighted by atomic mass is 16.3. The van der Waals surface area contributed by atoms with Gasteiger partial charge in [0.2, 0.25) is 0 Å². The number of likely N-dealkylation sites (tertiary alicyclic amines) is 1. The number of nitrogens with zero attached hydrogens (tertiary/aromatic N) is 7. The third-order valence-corrected chi connectivity index (χ3v) is 5.11. The summed E-state index contributed by atoms with van der Waals surface area (Å²) in [5.41, 5.74) is 1.44. The van der Waals surface area contributed by atoms with E-state index in [1.807, 2.05) is 42.1 Å². The minimum Gasteiger partial charge on any atom is -0.385 e. The lowest BCUT2D eigenvalue weighted by Gasteiger charge is -2.34. The van der Waals surface area contributed by atoms with Gasteiger partial charge in [-0.2, -0.15) is 0 Å². The number of aliphatic hydroxyl groups is 1. The van der Waals surface area contributed by atoms with Crippen LogP contribution in [0.5, 0.6) is 0 Å². The largest absolute Gasteiger partial charge is 0.385 e. The highest BCUT2D eigenvalue weighted by Gasteiger charge is 2.30. The van der Waals surface area contributed by atoms with E-state index < -0.39 is 6.10 Å². The van der Waals surface area contributed by atoms with Gasteiger partial charge in [0.1, 0.15) is 18.3 Å². The Morgan fingerprint density at radius 2 is 2.14 bits per heavy atom. The maximum Gasteiger partial charge on any atom is 0.321 e. The van der Waals surface area contributed by atoms with Crippen molar-refractivity contribution in [2.45, 2.75) is 18.9 Å². The van der Waals surface area contributed by atoms with Crippen LogP contribution < -0.4 is 5.32 Å². The van der Waals surface area contributed by atoms with Crippen molar-refractivity contribution < 1.29 is 9.90 Å². The molecule has 0 aliphatic carbocycles. The summed E-state index contributed by atoms with van der Waals surface area (Å²) < 4.78 is 3.36. The number of aryl methyl sites for hydroxylation is 1. The molecule has 146 valence electrons. The highest BCUT2D eigenvalue weighted by Crippen LogP contribution is 2.30. The van der Waals surface area contributed by atoms with Gasteiger partial charge in [-0.3, -0.25) is 0 Å². The molecule has 28 heavy (non-hydrogen) atoms. The van der Waals surface area contributed by atoms with E-state index in [0.717, 1.165) is 18.5 Å². The second kappa shape index (κ2) is 7.77. The minimum absolute atomic E-state index is 0.0910. The van der Waals surface area contributed by atoms with E-state index in [1.165, 1.54) is 11.0 Å². The van der Waals surface area contributed by atoms with Crippen LogP contribution in [0, 0.1) is 5.92 Å². The third kappa shape index (κ3) is 3.72. The number of hydrogen-bond donors (Lipinski definition) is 2. The van der Waals surface area contributed by atoms with Gasteiger partial charge in [0.05, 0.1) is 5.69 Å². The lowest BCUT2D eigenvalue weighted by atomic mass is 9.91. The first kappa shape index (κ1) is 18.1. The van der Waals surface area contributed by atoms with Crippen LogP contribution in [0.2, 0.25) is 0 Å². The van der Waals surface area contributed by atoms with Gasteiger partial charge in [-0.05, 0) is 47.4 Å². The number of anilines is 1. The first-order valence-corrected chi connectivity index (χ1v) is 9.16. The number of tetrazole rings is 1. The second-order valence-electron chi connectivity index (χ2n) is 6.90. The molecule has 0 bridgehead atoms. The maximum atomic E-state index is 12.6. The fraction of sp³-hybridized carbons (Fsp3) is 0.389. The molecule has 1 aliphatic heterocycles. The zero-order valence-corrected chi connectivity index (χ0v) is 15.5. The van der Waals surface area contributed by atoms with E-state index in [1.54, 1.807) is 11.1 Å². The molecule has 0 saturated carbocycles. The Morgan fingerprint density at radius 3 is 2.82 bits per heavy atom. The van der Waals surface area contributed by atoms with Gasteiger partial charge in [0.25, 0.3) is 0 Å². The van der Waals surface area contributed by atoms with E-state index in [9.17, 15) is 9.90 Å². The Hall–Kier alpha value is -3.27. The minimum atomic E-state index is -0.613. The predicted molar refractivity (Wildman–Crippen MR) is 101 cm³/mol. The summed E-state index contributed by atoms with van der Waals surface area (Å²) in [4.78, 5) is 18.6. The number of aliphatic hydroxyl groups excluding tert-OH is 1. The van der Waals surface area contributed by atoms with E-state index in [4.69, 9.17) is 0 Å². The van der Waals surface area contributed by atoms with Crippen molar-refractivity contribution in [2.24, 2.45) is 13.0 Å². The molecule has 0 spiro atoms. The number of hydrogen-bond acceptors (Lipinski definition) is 6. The molecule has 1 saturated heterocycles. The average molecular weight is 382 g/mol. The fourth-order valence-electron chi connectivity index (χ4n) is 3.50. The van der Waals surface area contributed by atoms with Crippen LogP contribution in [0.1, 0.15) is 24.8 Å². The zero-order chi connectivity index (χ0) is 19.5. The van der Waals surface area contributed by atoms with Gasteiger partial charge in [0, 0.05) is 38.2 Å². The van der Waals surface area contributed by atoms with E-state index in [0.29, 0.717) is 24.6 Å². The number of benzene rings is 1. The van der Waals surface area contributed by atoms with Crippen LogP contribution in [0.15, 0.2) is 43.0 Å². The van der Waals surface area contributed by atoms with Crippen LogP contribution in [-0.2, 0) is 7.05 Å². The van der Waals surface area contributed by atoms with Crippen molar-refractivity contribution in [3.8, 4) is 5.69 Å². The van der Waals surface area contributed by atoms with Crippen LogP contribution in [-0.4, -0.2) is 58.9 Å². The summed E-state index contributed by atoms with van der Waals surface area (Å²) in [6.45, 7) is 1.18. The number of piperidine rings is 1. The number of carbonyl (C=O) groups is 1. The van der Waals surface area contributed by atoms with Gasteiger partial charge in [-0.15, -0.1) is 5.10 Å². The SMILES string of the molecule is Cn1ccnc1[C@H](O)C1CCN(C(=O)Nc2cccc(-n3cnnn3)c2)CC1. The lowest BCUT2D eigenvalue weighted by Crippen LogP contribution is -2.42. The highest BCUT2D eigenvalue weighted by molar-refractivity contribution is 5.89. The molecule has 2 N–H and O–H groups in total. The number of rotatable bonds is 4. The molecule has 3 heterocycles. The lowest BCUT2D eigenvalue weighted by molar-refractivity contribution is 0.0600. The van der Waals surface area contributed by atoms with Gasteiger partial charge in [-0.1, -0.05) is 6.07 Å². The molecule has 2 amide bonds. The smallest absolute Gasteiger partial charge is 0.321 e. The number of amides is 2. The Labute approximate surface area is 161 Å². The van der Waals surface area contributed by atoms with Crippen LogP contribution >= 0.6 is 0 Å². The molecule has 1 atom stereocenters. The van der Waals surface area contributed by atoms with Crippen molar-refractivity contribution in [3.63, 3.8) is 0 Å². The summed E-state index contributed by atoms with van der Waals surface area (Å²) in [7, 11) is 1.87. The van der Waals surface area contributed by atoms with Gasteiger partial charge < -0.3 is 19.9 Å². The molecule has 1 fully saturated rings. The molecule has 10 heteroatoms. The molecular formula is C18H22N8O2. The second-order valence-corrected chi connectivity index (χ2v) is 6.90. The maximum absolute atomic E-state index is 12.6. The molecule has 3 aromatic rings. The van der Waals surface area contributed by atoms with E-state index in [-0.39, 0.29) is 11.9 Å². The van der Waals surface area contributed by atoms with E-state index >= 15 is 0 Å². The Bertz CT molecular complexity index is 931. The third-order valence-electron chi connectivity index (χ3n) is 5.11. The first-order chi connectivity index (χ1) is 13.6. The Kier molecular flexibility index (Phi) is 5.02. The van der Waals surface area contributed by atoms with Crippen LogP contribution in [0.3, 0.4) is 0 Å². The molecule has 0 radical (unpaired) electrons. The predicted octanol–water partition coefficient (Wildman–Crippen LogP) is 1.37. The van der Waals surface area contributed by atoms with Gasteiger partial charge in [-0.25, -0.2) is 14.5 Å². The normalized spacial score (nSPS) is 16.1. The first-order valence-electron chi connectivity index (χ1n) is 9.16. The molecule has 10 nitrogen and oxygen atoms in total. The molecule has 1 aromatic carbocycles. The summed E-state index contributed by atoms with van der Waals surface area (Å²) in [5, 5.41) is 24.6. The monoisotopic (exact) mass is 382 g/mol. The summed E-state index contributed by atoms with van der Waals surface area (Å²) in [5.74, 6) is 0.760. The molecule has 1 aliphatic rings. The van der Waals surface area contributed by atoms with Crippen molar-refractivity contribution in [1.82, 2.24) is 34.7 Å². The number of nitrogens with one attached hydrogen (secondary N) is 1. The van der Waals surface area contributed by atoms with Crippen molar-refractivity contribution in [1.29, 1.82) is 0 Å². The van der Waals surface area contributed by atoms with Crippen molar-refractivity contribution in [2.75, 3.05) is 18.4 Å². The average Bonchev–Trinajstić information content (AvgIpc) is 3.40. The number of imidazole rings is 1. The number of urea groups is 1. The topological polar surface area (TPSA) is 114 Å². The zero-order valence-electron chi connectivity index (χ0n) is 15.5. The summed E-state index contributed by atoms with van der Waals surface area (Å²) in [6.07, 6.45) is 5.85. The van der Waals surface area contributed by atoms with Crippen molar-refractivity contribution in [3.05, 3.63) is 48.8 Å². The summed E-state index contributed by atoms with van der Waals surface area (Å²) in [6, 6.07) is 7.17. The molecule has 0 unspecified atom stereocenters. The quantitative estimate of drug-likeness (QED) is 0.704. The van der Waals surface area contributed by atoms with Crippen LogP contribution in [0.25, 0.3) is 5.69 Å². The van der Waals surface area contributed by atoms with Crippen LogP contribution in [0.4, 0.5) is 10.5 Å². The molecule has 4 rings (SSSR count).